The summed E-state index contributed by atoms with van der Waals surface area (Å²) in [7, 11) is 0. The molecule has 2 unspecified atom stereocenters. The van der Waals surface area contributed by atoms with E-state index in [1.165, 1.54) is 25.7 Å². The van der Waals surface area contributed by atoms with Crippen LogP contribution in [0.1, 0.15) is 46.5 Å². The van der Waals surface area contributed by atoms with Gasteiger partial charge >= 0.3 is 0 Å². The molecule has 2 nitrogen and oxygen atoms in total. The first-order valence-electron chi connectivity index (χ1n) is 6.53. The van der Waals surface area contributed by atoms with Crippen LogP contribution in [0.3, 0.4) is 0 Å². The van der Waals surface area contributed by atoms with Crippen LogP contribution in [0.15, 0.2) is 0 Å². The van der Waals surface area contributed by atoms with E-state index >= 15 is 0 Å². The Kier molecular flexibility index (Phi) is 6.26. The highest BCUT2D eigenvalue weighted by Gasteiger charge is 2.20. The van der Waals surface area contributed by atoms with Crippen LogP contribution in [0.2, 0.25) is 0 Å². The molecule has 0 aromatic carbocycles. The Bertz CT molecular complexity index is 157. The van der Waals surface area contributed by atoms with Crippen LogP contribution in [0.25, 0.3) is 0 Å². The minimum atomic E-state index is 0.652. The largest absolute Gasteiger partial charge is 0.381 e. The standard InChI is InChI=1S/C13H27NO/c1-4-5-11(2)9-15-10-12(3)8-14-13-6-7-13/h11-14H,4-10H2,1-3H3. The van der Waals surface area contributed by atoms with Crippen LogP contribution in [0, 0.1) is 11.8 Å². The van der Waals surface area contributed by atoms with Gasteiger partial charge in [0.05, 0.1) is 6.61 Å². The molecule has 0 spiro atoms. The van der Waals surface area contributed by atoms with Gasteiger partial charge < -0.3 is 10.1 Å². The van der Waals surface area contributed by atoms with Crippen LogP contribution in [-0.4, -0.2) is 25.8 Å². The molecule has 0 amide bonds. The average molecular weight is 213 g/mol. The van der Waals surface area contributed by atoms with Crippen LogP contribution >= 0.6 is 0 Å². The maximum absolute atomic E-state index is 5.72. The van der Waals surface area contributed by atoms with Gasteiger partial charge in [-0.05, 0) is 31.1 Å². The molecule has 0 heterocycles. The molecule has 0 aromatic heterocycles. The Balaban J connectivity index is 1.88. The fourth-order valence-electron chi connectivity index (χ4n) is 1.76. The van der Waals surface area contributed by atoms with Gasteiger partial charge in [-0.1, -0.05) is 27.2 Å². The Morgan fingerprint density at radius 1 is 1.20 bits per heavy atom. The molecule has 0 bridgehead atoms. The van der Waals surface area contributed by atoms with Gasteiger partial charge in [0, 0.05) is 19.2 Å². The minimum Gasteiger partial charge on any atom is -0.381 e. The molecule has 1 rings (SSSR count). The van der Waals surface area contributed by atoms with Crippen molar-refractivity contribution in [1.29, 1.82) is 0 Å². The Morgan fingerprint density at radius 3 is 2.47 bits per heavy atom. The first-order chi connectivity index (χ1) is 7.22. The molecule has 1 fully saturated rings. The maximum Gasteiger partial charge on any atom is 0.0503 e. The summed E-state index contributed by atoms with van der Waals surface area (Å²) in [6.07, 6.45) is 5.31. The van der Waals surface area contributed by atoms with Crippen molar-refractivity contribution < 1.29 is 4.74 Å². The number of rotatable bonds is 9. The predicted octanol–water partition coefficient (Wildman–Crippen LogP) is 2.83. The lowest BCUT2D eigenvalue weighted by atomic mass is 10.1. The van der Waals surface area contributed by atoms with E-state index in [2.05, 4.69) is 26.1 Å². The van der Waals surface area contributed by atoms with E-state index in [0.717, 1.165) is 31.7 Å². The van der Waals surface area contributed by atoms with Crippen molar-refractivity contribution in [2.75, 3.05) is 19.8 Å². The highest BCUT2D eigenvalue weighted by atomic mass is 16.5. The van der Waals surface area contributed by atoms with Gasteiger partial charge in [0.1, 0.15) is 0 Å². The fraction of sp³-hybridized carbons (Fsp3) is 1.00. The van der Waals surface area contributed by atoms with Crippen LogP contribution < -0.4 is 5.32 Å². The van der Waals surface area contributed by atoms with E-state index in [0.29, 0.717) is 5.92 Å². The van der Waals surface area contributed by atoms with E-state index in [4.69, 9.17) is 4.74 Å². The van der Waals surface area contributed by atoms with Crippen molar-refractivity contribution in [2.24, 2.45) is 11.8 Å². The lowest BCUT2D eigenvalue weighted by Crippen LogP contribution is -2.26. The second kappa shape index (κ2) is 7.24. The molecule has 15 heavy (non-hydrogen) atoms. The second-order valence-corrected chi connectivity index (χ2v) is 5.22. The highest BCUT2D eigenvalue weighted by molar-refractivity contribution is 4.81. The van der Waals surface area contributed by atoms with E-state index in [1.807, 2.05) is 0 Å². The number of ether oxygens (including phenoxy) is 1. The predicted molar refractivity (Wildman–Crippen MR) is 65.1 cm³/mol. The van der Waals surface area contributed by atoms with Gasteiger partial charge in [-0.25, -0.2) is 0 Å². The molecule has 2 atom stereocenters. The molecule has 90 valence electrons. The number of hydrogen-bond acceptors (Lipinski definition) is 2. The Labute approximate surface area is 94.8 Å². The monoisotopic (exact) mass is 213 g/mol. The fourth-order valence-corrected chi connectivity index (χ4v) is 1.76. The summed E-state index contributed by atoms with van der Waals surface area (Å²) in [5.41, 5.74) is 0. The van der Waals surface area contributed by atoms with Gasteiger partial charge in [-0.15, -0.1) is 0 Å². The summed E-state index contributed by atoms with van der Waals surface area (Å²) < 4.78 is 5.72. The third-order valence-corrected chi connectivity index (χ3v) is 2.92. The molecule has 1 aliphatic carbocycles. The van der Waals surface area contributed by atoms with Crippen molar-refractivity contribution in [2.45, 2.75) is 52.5 Å². The van der Waals surface area contributed by atoms with Gasteiger partial charge in [0.25, 0.3) is 0 Å². The zero-order chi connectivity index (χ0) is 11.1. The summed E-state index contributed by atoms with van der Waals surface area (Å²) in [5, 5.41) is 3.54. The van der Waals surface area contributed by atoms with Crippen molar-refractivity contribution >= 4 is 0 Å². The number of nitrogens with one attached hydrogen (secondary N) is 1. The van der Waals surface area contributed by atoms with E-state index in [1.54, 1.807) is 0 Å². The van der Waals surface area contributed by atoms with Crippen LogP contribution in [-0.2, 0) is 4.74 Å². The van der Waals surface area contributed by atoms with E-state index < -0.39 is 0 Å². The van der Waals surface area contributed by atoms with Gasteiger partial charge in [-0.2, -0.15) is 0 Å². The Hall–Kier alpha value is -0.0800. The summed E-state index contributed by atoms with van der Waals surface area (Å²) in [4.78, 5) is 0. The lowest BCUT2D eigenvalue weighted by molar-refractivity contribution is 0.0772. The molecule has 0 saturated heterocycles. The molecule has 2 heteroatoms. The van der Waals surface area contributed by atoms with Crippen LogP contribution in [0.5, 0.6) is 0 Å². The zero-order valence-electron chi connectivity index (χ0n) is 10.6. The highest BCUT2D eigenvalue weighted by Crippen LogP contribution is 2.18. The molecule has 1 saturated carbocycles. The molecule has 0 aromatic rings. The second-order valence-electron chi connectivity index (χ2n) is 5.22. The molecule has 0 aliphatic heterocycles. The molecule has 1 N–H and O–H groups in total. The molecule has 1 aliphatic rings. The van der Waals surface area contributed by atoms with Crippen molar-refractivity contribution in [3.8, 4) is 0 Å². The topological polar surface area (TPSA) is 21.3 Å². The SMILES string of the molecule is CCCC(C)COCC(C)CNC1CC1. The summed E-state index contributed by atoms with van der Waals surface area (Å²) in [5.74, 6) is 1.37. The third kappa shape index (κ3) is 6.91. The number of hydrogen-bond donors (Lipinski definition) is 1. The van der Waals surface area contributed by atoms with Crippen molar-refractivity contribution in [3.63, 3.8) is 0 Å². The average Bonchev–Trinajstić information content (AvgIpc) is 2.98. The Morgan fingerprint density at radius 2 is 1.87 bits per heavy atom. The van der Waals surface area contributed by atoms with E-state index in [9.17, 15) is 0 Å². The van der Waals surface area contributed by atoms with Gasteiger partial charge in [0.15, 0.2) is 0 Å². The smallest absolute Gasteiger partial charge is 0.0503 e. The molecule has 0 radical (unpaired) electrons. The molecular formula is C13H27NO. The zero-order valence-corrected chi connectivity index (χ0v) is 10.6. The minimum absolute atomic E-state index is 0.652. The van der Waals surface area contributed by atoms with Crippen molar-refractivity contribution in [3.05, 3.63) is 0 Å². The summed E-state index contributed by atoms with van der Waals surface area (Å²) >= 11 is 0. The molecular weight excluding hydrogens is 186 g/mol. The quantitative estimate of drug-likeness (QED) is 0.636. The normalized spacial score (nSPS) is 20.2. The maximum atomic E-state index is 5.72. The van der Waals surface area contributed by atoms with Gasteiger partial charge in [0.2, 0.25) is 0 Å². The van der Waals surface area contributed by atoms with E-state index in [-0.39, 0.29) is 0 Å². The van der Waals surface area contributed by atoms with Crippen molar-refractivity contribution in [1.82, 2.24) is 5.32 Å². The lowest BCUT2D eigenvalue weighted by Gasteiger charge is -2.15. The summed E-state index contributed by atoms with van der Waals surface area (Å²) in [6.45, 7) is 9.73. The van der Waals surface area contributed by atoms with Gasteiger partial charge in [-0.3, -0.25) is 0 Å². The first kappa shape index (κ1) is 13.0. The third-order valence-electron chi connectivity index (χ3n) is 2.92. The van der Waals surface area contributed by atoms with Crippen LogP contribution in [0.4, 0.5) is 0 Å². The summed E-state index contributed by atoms with van der Waals surface area (Å²) in [6, 6.07) is 0.825. The first-order valence-corrected chi connectivity index (χ1v) is 6.53.